The van der Waals surface area contributed by atoms with Gasteiger partial charge in [-0.25, -0.2) is 0 Å². The van der Waals surface area contributed by atoms with Crippen molar-refractivity contribution in [3.05, 3.63) is 22.4 Å². The van der Waals surface area contributed by atoms with Crippen molar-refractivity contribution >= 4 is 17.2 Å². The van der Waals surface area contributed by atoms with Gasteiger partial charge >= 0.3 is 0 Å². The van der Waals surface area contributed by atoms with Gasteiger partial charge in [-0.1, -0.05) is 6.07 Å². The molecule has 1 aliphatic heterocycles. The monoisotopic (exact) mass is 269 g/mol. The highest BCUT2D eigenvalue weighted by Crippen LogP contribution is 2.34. The predicted molar refractivity (Wildman–Crippen MR) is 70.7 cm³/mol. The van der Waals surface area contributed by atoms with E-state index in [9.17, 15) is 4.79 Å². The quantitative estimate of drug-likeness (QED) is 0.742. The molecule has 0 bridgehead atoms. The summed E-state index contributed by atoms with van der Waals surface area (Å²) in [6.07, 6.45) is 2.14. The number of hydrogen-bond donors (Lipinski definition) is 0. The van der Waals surface area contributed by atoms with E-state index in [-0.39, 0.29) is 18.6 Å². The zero-order valence-electron chi connectivity index (χ0n) is 10.6. The molecule has 1 unspecified atom stereocenters. The highest BCUT2D eigenvalue weighted by Gasteiger charge is 2.30. The van der Waals surface area contributed by atoms with Gasteiger partial charge in [0.05, 0.1) is 19.3 Å². The van der Waals surface area contributed by atoms with Crippen molar-refractivity contribution < 1.29 is 14.3 Å². The van der Waals surface area contributed by atoms with E-state index in [0.717, 1.165) is 19.4 Å². The van der Waals surface area contributed by atoms with Gasteiger partial charge in [0, 0.05) is 18.5 Å². The fraction of sp³-hybridized carbons (Fsp3) is 0.615. The number of rotatable bonds is 6. The molecule has 0 saturated carbocycles. The van der Waals surface area contributed by atoms with Crippen LogP contribution in [0.25, 0.3) is 0 Å². The summed E-state index contributed by atoms with van der Waals surface area (Å²) in [7, 11) is 1.62. The maximum atomic E-state index is 12.1. The Balaban J connectivity index is 1.85. The standard InChI is InChI=1S/C13H19NO3S/c1-16-7-8-17-10-13(15)14-6-2-4-11(14)12-5-3-9-18-12/h3,5,9,11H,2,4,6-8,10H2,1H3. The number of carbonyl (C=O) groups is 1. The number of amides is 1. The molecule has 0 N–H and O–H groups in total. The molecule has 1 atom stereocenters. The Hall–Kier alpha value is -0.910. The summed E-state index contributed by atoms with van der Waals surface area (Å²) in [5.41, 5.74) is 0. The van der Waals surface area contributed by atoms with Gasteiger partial charge in [-0.05, 0) is 24.3 Å². The maximum absolute atomic E-state index is 12.1. The first-order chi connectivity index (χ1) is 8.83. The minimum absolute atomic E-state index is 0.0852. The second kappa shape index (κ2) is 6.87. The van der Waals surface area contributed by atoms with Crippen molar-refractivity contribution in [1.29, 1.82) is 0 Å². The maximum Gasteiger partial charge on any atom is 0.249 e. The van der Waals surface area contributed by atoms with Crippen molar-refractivity contribution in [3.63, 3.8) is 0 Å². The average Bonchev–Trinajstić information content (AvgIpc) is 3.02. The summed E-state index contributed by atoms with van der Waals surface area (Å²) in [4.78, 5) is 15.3. The third kappa shape index (κ3) is 3.31. The number of hydrogen-bond acceptors (Lipinski definition) is 4. The fourth-order valence-corrected chi connectivity index (χ4v) is 3.10. The van der Waals surface area contributed by atoms with Crippen LogP contribution in [0.5, 0.6) is 0 Å². The van der Waals surface area contributed by atoms with Gasteiger partial charge in [-0.15, -0.1) is 11.3 Å². The lowest BCUT2D eigenvalue weighted by atomic mass is 10.2. The molecule has 2 heterocycles. The highest BCUT2D eigenvalue weighted by molar-refractivity contribution is 7.10. The molecule has 4 nitrogen and oxygen atoms in total. The van der Waals surface area contributed by atoms with Gasteiger partial charge in [0.1, 0.15) is 6.61 Å². The van der Waals surface area contributed by atoms with E-state index in [1.807, 2.05) is 11.0 Å². The smallest absolute Gasteiger partial charge is 0.249 e. The Morgan fingerprint density at radius 1 is 1.56 bits per heavy atom. The average molecular weight is 269 g/mol. The molecule has 1 amide bonds. The lowest BCUT2D eigenvalue weighted by molar-refractivity contribution is -0.137. The number of ether oxygens (including phenoxy) is 2. The second-order valence-electron chi connectivity index (χ2n) is 4.31. The van der Waals surface area contributed by atoms with E-state index in [2.05, 4.69) is 11.4 Å². The van der Waals surface area contributed by atoms with Crippen molar-refractivity contribution in [1.82, 2.24) is 4.90 Å². The van der Waals surface area contributed by atoms with Gasteiger partial charge in [0.15, 0.2) is 0 Å². The van der Waals surface area contributed by atoms with Crippen LogP contribution in [-0.4, -0.2) is 44.3 Å². The minimum atomic E-state index is 0.0852. The lowest BCUT2D eigenvalue weighted by Crippen LogP contribution is -2.33. The molecule has 1 aromatic heterocycles. The third-order valence-corrected chi connectivity index (χ3v) is 4.08. The van der Waals surface area contributed by atoms with E-state index in [1.165, 1.54) is 4.88 Å². The highest BCUT2D eigenvalue weighted by atomic mass is 32.1. The Morgan fingerprint density at radius 2 is 2.44 bits per heavy atom. The topological polar surface area (TPSA) is 38.8 Å². The van der Waals surface area contributed by atoms with Crippen LogP contribution in [-0.2, 0) is 14.3 Å². The largest absolute Gasteiger partial charge is 0.382 e. The summed E-state index contributed by atoms with van der Waals surface area (Å²) in [5, 5.41) is 2.06. The molecule has 1 fully saturated rings. The summed E-state index contributed by atoms with van der Waals surface area (Å²) in [6, 6.07) is 4.39. The normalized spacial score (nSPS) is 19.4. The number of methoxy groups -OCH3 is 1. The van der Waals surface area contributed by atoms with Crippen LogP contribution in [0.3, 0.4) is 0 Å². The van der Waals surface area contributed by atoms with E-state index in [0.29, 0.717) is 13.2 Å². The molecule has 1 saturated heterocycles. The summed E-state index contributed by atoms with van der Waals surface area (Å²) >= 11 is 1.72. The molecule has 0 radical (unpaired) electrons. The Labute approximate surface area is 111 Å². The predicted octanol–water partition coefficient (Wildman–Crippen LogP) is 2.07. The minimum Gasteiger partial charge on any atom is -0.382 e. The Bertz CT molecular complexity index is 366. The van der Waals surface area contributed by atoms with Crippen molar-refractivity contribution in [2.75, 3.05) is 33.5 Å². The van der Waals surface area contributed by atoms with Gasteiger partial charge in [-0.3, -0.25) is 4.79 Å². The molecule has 18 heavy (non-hydrogen) atoms. The van der Waals surface area contributed by atoms with E-state index >= 15 is 0 Å². The molecule has 0 spiro atoms. The molecule has 5 heteroatoms. The zero-order chi connectivity index (χ0) is 12.8. The summed E-state index contributed by atoms with van der Waals surface area (Å²) < 4.78 is 10.2. The van der Waals surface area contributed by atoms with Crippen LogP contribution in [0, 0.1) is 0 Å². The van der Waals surface area contributed by atoms with Crippen molar-refractivity contribution in [2.45, 2.75) is 18.9 Å². The third-order valence-electron chi connectivity index (χ3n) is 3.10. The molecule has 0 aromatic carbocycles. The molecule has 1 aromatic rings. The van der Waals surface area contributed by atoms with Crippen LogP contribution in [0.1, 0.15) is 23.8 Å². The summed E-state index contributed by atoms with van der Waals surface area (Å²) in [5.74, 6) is 0.0852. The van der Waals surface area contributed by atoms with Crippen LogP contribution in [0.4, 0.5) is 0 Å². The molecular formula is C13H19NO3S. The Kier molecular flexibility index (Phi) is 5.16. The second-order valence-corrected chi connectivity index (χ2v) is 5.29. The van der Waals surface area contributed by atoms with Crippen LogP contribution in [0.15, 0.2) is 17.5 Å². The van der Waals surface area contributed by atoms with Gasteiger partial charge in [0.2, 0.25) is 5.91 Å². The van der Waals surface area contributed by atoms with Crippen molar-refractivity contribution in [2.24, 2.45) is 0 Å². The number of thiophene rings is 1. The number of nitrogens with zero attached hydrogens (tertiary/aromatic N) is 1. The first kappa shape index (κ1) is 13.5. The molecule has 2 rings (SSSR count). The number of carbonyl (C=O) groups excluding carboxylic acids is 1. The van der Waals surface area contributed by atoms with Crippen molar-refractivity contribution in [3.8, 4) is 0 Å². The van der Waals surface area contributed by atoms with Gasteiger partial charge in [0.25, 0.3) is 0 Å². The molecule has 1 aliphatic rings. The van der Waals surface area contributed by atoms with E-state index in [4.69, 9.17) is 9.47 Å². The fourth-order valence-electron chi connectivity index (χ4n) is 2.23. The van der Waals surface area contributed by atoms with Crippen LogP contribution in [0.2, 0.25) is 0 Å². The lowest BCUT2D eigenvalue weighted by Gasteiger charge is -2.23. The zero-order valence-corrected chi connectivity index (χ0v) is 11.4. The van der Waals surface area contributed by atoms with Gasteiger partial charge < -0.3 is 14.4 Å². The molecule has 100 valence electrons. The van der Waals surface area contributed by atoms with Crippen LogP contribution >= 0.6 is 11.3 Å². The SMILES string of the molecule is COCCOCC(=O)N1CCCC1c1cccs1. The molecular weight excluding hydrogens is 250 g/mol. The van der Waals surface area contributed by atoms with Crippen LogP contribution < -0.4 is 0 Å². The van der Waals surface area contributed by atoms with E-state index in [1.54, 1.807) is 18.4 Å². The molecule has 0 aliphatic carbocycles. The summed E-state index contributed by atoms with van der Waals surface area (Å²) in [6.45, 7) is 2.00. The first-order valence-electron chi connectivity index (χ1n) is 6.22. The first-order valence-corrected chi connectivity index (χ1v) is 7.10. The van der Waals surface area contributed by atoms with Gasteiger partial charge in [-0.2, -0.15) is 0 Å². The Morgan fingerprint density at radius 3 is 3.17 bits per heavy atom. The number of likely N-dealkylation sites (tertiary alicyclic amines) is 1. The van der Waals surface area contributed by atoms with E-state index < -0.39 is 0 Å².